The molecule has 1 N–H and O–H groups in total. The van der Waals surface area contributed by atoms with Gasteiger partial charge in [0.1, 0.15) is 11.1 Å². The highest BCUT2D eigenvalue weighted by molar-refractivity contribution is 7.11. The third-order valence-corrected chi connectivity index (χ3v) is 4.97. The van der Waals surface area contributed by atoms with E-state index < -0.39 is 0 Å². The minimum atomic E-state index is 0.134. The van der Waals surface area contributed by atoms with Crippen LogP contribution in [0.3, 0.4) is 0 Å². The van der Waals surface area contributed by atoms with E-state index in [9.17, 15) is 0 Å². The Morgan fingerprint density at radius 2 is 2.14 bits per heavy atom. The van der Waals surface area contributed by atoms with Gasteiger partial charge in [-0.3, -0.25) is 4.90 Å². The normalized spacial score (nSPS) is 20.9. The summed E-state index contributed by atoms with van der Waals surface area (Å²) in [6, 6.07) is 0. The molecule has 1 fully saturated rings. The second kappa shape index (κ2) is 7.18. The molecule has 1 unspecified atom stereocenters. The molecular weight excluding hydrogens is 282 g/mol. The highest BCUT2D eigenvalue weighted by Gasteiger charge is 2.25. The molecule has 0 amide bonds. The number of aryl methyl sites for hydroxylation is 1. The average Bonchev–Trinajstić information content (AvgIpc) is 2.88. The second-order valence-corrected chi connectivity index (χ2v) is 7.75. The molecule has 1 aromatic heterocycles. The number of aromatic nitrogens is 1. The molecule has 5 heteroatoms. The molecule has 1 aliphatic rings. The van der Waals surface area contributed by atoms with Crippen LogP contribution in [-0.4, -0.2) is 41.7 Å². The number of ether oxygens (including phenoxy) is 1. The van der Waals surface area contributed by atoms with Gasteiger partial charge < -0.3 is 10.1 Å². The number of hydrogen-bond acceptors (Lipinski definition) is 5. The fourth-order valence-electron chi connectivity index (χ4n) is 2.44. The maximum Gasteiger partial charge on any atom is 0.123 e. The monoisotopic (exact) mass is 311 g/mol. The van der Waals surface area contributed by atoms with Crippen LogP contribution >= 0.6 is 11.3 Å². The quantitative estimate of drug-likeness (QED) is 0.907. The Morgan fingerprint density at radius 1 is 1.38 bits per heavy atom. The van der Waals surface area contributed by atoms with Crippen LogP contribution in [0.4, 0.5) is 0 Å². The van der Waals surface area contributed by atoms with Gasteiger partial charge in [0.15, 0.2) is 0 Å². The highest BCUT2D eigenvalue weighted by atomic mass is 32.1. The van der Waals surface area contributed by atoms with E-state index in [0.29, 0.717) is 0 Å². The summed E-state index contributed by atoms with van der Waals surface area (Å²) in [7, 11) is 0. The zero-order valence-corrected chi connectivity index (χ0v) is 14.8. The first-order valence-electron chi connectivity index (χ1n) is 8.00. The number of morpholine rings is 1. The van der Waals surface area contributed by atoms with Gasteiger partial charge in [-0.25, -0.2) is 4.98 Å². The Hall–Kier alpha value is -0.490. The van der Waals surface area contributed by atoms with Crippen LogP contribution in [0.1, 0.15) is 56.3 Å². The predicted molar refractivity (Wildman–Crippen MR) is 88.9 cm³/mol. The van der Waals surface area contributed by atoms with Gasteiger partial charge in [0.25, 0.3) is 0 Å². The summed E-state index contributed by atoms with van der Waals surface area (Å²) in [5, 5.41) is 4.72. The van der Waals surface area contributed by atoms with E-state index >= 15 is 0 Å². The number of nitrogens with one attached hydrogen (secondary N) is 1. The van der Waals surface area contributed by atoms with Crippen molar-refractivity contribution in [3.05, 3.63) is 15.6 Å². The van der Waals surface area contributed by atoms with Crippen molar-refractivity contribution >= 4 is 11.3 Å². The molecule has 0 aliphatic carbocycles. The van der Waals surface area contributed by atoms with Gasteiger partial charge in [0, 0.05) is 30.1 Å². The Morgan fingerprint density at radius 3 is 2.76 bits per heavy atom. The minimum absolute atomic E-state index is 0.134. The van der Waals surface area contributed by atoms with Crippen molar-refractivity contribution in [2.75, 3.05) is 26.2 Å². The fourth-order valence-corrected chi connectivity index (χ4v) is 3.57. The third-order valence-electron chi connectivity index (χ3n) is 3.78. The van der Waals surface area contributed by atoms with Crippen molar-refractivity contribution in [2.24, 2.45) is 0 Å². The molecular formula is C16H29N3OS. The van der Waals surface area contributed by atoms with Gasteiger partial charge in [-0.05, 0) is 33.7 Å². The lowest BCUT2D eigenvalue weighted by Gasteiger charge is -2.30. The van der Waals surface area contributed by atoms with Crippen molar-refractivity contribution < 1.29 is 4.74 Å². The summed E-state index contributed by atoms with van der Waals surface area (Å²) >= 11 is 1.82. The molecule has 1 aromatic rings. The van der Waals surface area contributed by atoms with Crippen molar-refractivity contribution in [3.8, 4) is 0 Å². The molecule has 4 nitrogen and oxygen atoms in total. The van der Waals surface area contributed by atoms with Crippen LogP contribution in [0.15, 0.2) is 0 Å². The van der Waals surface area contributed by atoms with Crippen LogP contribution in [0.5, 0.6) is 0 Å². The molecule has 2 rings (SSSR count). The summed E-state index contributed by atoms with van der Waals surface area (Å²) in [5.74, 6) is 0. The van der Waals surface area contributed by atoms with E-state index in [1.807, 2.05) is 11.3 Å². The number of thiazole rings is 1. The van der Waals surface area contributed by atoms with Crippen molar-refractivity contribution in [3.63, 3.8) is 0 Å². The Labute approximate surface area is 132 Å². The van der Waals surface area contributed by atoms with E-state index in [4.69, 9.17) is 9.72 Å². The minimum Gasteiger partial charge on any atom is -0.368 e. The van der Waals surface area contributed by atoms with E-state index in [1.54, 1.807) is 0 Å². The number of nitrogens with zero attached hydrogens (tertiary/aromatic N) is 2. The Kier molecular flexibility index (Phi) is 5.77. The standard InChI is InChI=1S/C16H29N3OS/c1-6-12-14(10-17-16(3,4)5)21-15(18-12)13-11-19(7-2)8-9-20-13/h13,17H,6-11H2,1-5H3. The van der Waals surface area contributed by atoms with Crippen LogP contribution in [0, 0.1) is 0 Å². The summed E-state index contributed by atoms with van der Waals surface area (Å²) in [6.07, 6.45) is 1.14. The first kappa shape index (κ1) is 16.9. The Bertz CT molecular complexity index is 453. The summed E-state index contributed by atoms with van der Waals surface area (Å²) in [6.45, 7) is 15.8. The van der Waals surface area contributed by atoms with Crippen LogP contribution in [-0.2, 0) is 17.7 Å². The summed E-state index contributed by atoms with van der Waals surface area (Å²) < 4.78 is 5.94. The molecule has 0 radical (unpaired) electrons. The fraction of sp³-hybridized carbons (Fsp3) is 0.812. The van der Waals surface area contributed by atoms with Crippen molar-refractivity contribution in [1.82, 2.24) is 15.2 Å². The zero-order chi connectivity index (χ0) is 15.5. The lowest BCUT2D eigenvalue weighted by Crippen LogP contribution is -2.38. The van der Waals surface area contributed by atoms with Gasteiger partial charge in [-0.15, -0.1) is 11.3 Å². The third kappa shape index (κ3) is 4.74. The van der Waals surface area contributed by atoms with Crippen LogP contribution in [0.2, 0.25) is 0 Å². The molecule has 1 atom stereocenters. The molecule has 21 heavy (non-hydrogen) atoms. The molecule has 1 aliphatic heterocycles. The zero-order valence-electron chi connectivity index (χ0n) is 14.0. The molecule has 2 heterocycles. The summed E-state index contributed by atoms with van der Waals surface area (Å²) in [4.78, 5) is 8.65. The Balaban J connectivity index is 2.08. The van der Waals surface area contributed by atoms with E-state index in [-0.39, 0.29) is 11.6 Å². The summed E-state index contributed by atoms with van der Waals surface area (Å²) in [5.41, 5.74) is 1.36. The molecule has 0 bridgehead atoms. The molecule has 0 aromatic carbocycles. The molecule has 0 spiro atoms. The van der Waals surface area contributed by atoms with Gasteiger partial charge in [-0.1, -0.05) is 13.8 Å². The van der Waals surface area contributed by atoms with E-state index in [0.717, 1.165) is 44.2 Å². The highest BCUT2D eigenvalue weighted by Crippen LogP contribution is 2.29. The smallest absolute Gasteiger partial charge is 0.123 e. The topological polar surface area (TPSA) is 37.4 Å². The van der Waals surface area contributed by atoms with E-state index in [1.165, 1.54) is 10.6 Å². The second-order valence-electron chi connectivity index (χ2n) is 6.63. The largest absolute Gasteiger partial charge is 0.368 e. The van der Waals surface area contributed by atoms with Crippen molar-refractivity contribution in [2.45, 2.75) is 59.2 Å². The molecule has 1 saturated heterocycles. The first-order chi connectivity index (χ1) is 9.93. The van der Waals surface area contributed by atoms with Gasteiger partial charge in [0.05, 0.1) is 12.3 Å². The lowest BCUT2D eigenvalue weighted by atomic mass is 10.1. The number of rotatable bonds is 5. The first-order valence-corrected chi connectivity index (χ1v) is 8.82. The SMILES string of the molecule is CCc1nc(C2CN(CC)CCO2)sc1CNC(C)(C)C. The maximum atomic E-state index is 5.94. The lowest BCUT2D eigenvalue weighted by molar-refractivity contribution is -0.0283. The number of likely N-dealkylation sites (N-methyl/N-ethyl adjacent to an activating group) is 1. The van der Waals surface area contributed by atoms with Gasteiger partial charge >= 0.3 is 0 Å². The average molecular weight is 311 g/mol. The molecule has 120 valence electrons. The van der Waals surface area contributed by atoms with Crippen LogP contribution in [0.25, 0.3) is 0 Å². The van der Waals surface area contributed by atoms with Gasteiger partial charge in [-0.2, -0.15) is 0 Å². The van der Waals surface area contributed by atoms with Gasteiger partial charge in [0.2, 0.25) is 0 Å². The van der Waals surface area contributed by atoms with E-state index in [2.05, 4.69) is 44.8 Å². The number of hydrogen-bond donors (Lipinski definition) is 1. The predicted octanol–water partition coefficient (Wildman–Crippen LogP) is 2.99. The van der Waals surface area contributed by atoms with Crippen molar-refractivity contribution in [1.29, 1.82) is 0 Å². The maximum absolute atomic E-state index is 5.94. The molecule has 0 saturated carbocycles. The van der Waals surface area contributed by atoms with Crippen LogP contribution < -0.4 is 5.32 Å².